The number of hydrogen-bond donors (Lipinski definition) is 0. The van der Waals surface area contributed by atoms with Crippen LogP contribution in [0.1, 0.15) is 27.9 Å². The van der Waals surface area contributed by atoms with Gasteiger partial charge in [-0.05, 0) is 48.2 Å². The molecule has 142 valence electrons. The van der Waals surface area contributed by atoms with Crippen molar-refractivity contribution in [2.24, 2.45) is 0 Å². The number of nitriles is 1. The number of methoxy groups -OCH3 is 1. The summed E-state index contributed by atoms with van der Waals surface area (Å²) in [4.78, 5) is 22.6. The molecular formula is C20H16N2O6. The Morgan fingerprint density at radius 1 is 1.25 bits per heavy atom. The first-order valence-electron chi connectivity index (χ1n) is 8.41. The summed E-state index contributed by atoms with van der Waals surface area (Å²) in [6.45, 7) is 0. The van der Waals surface area contributed by atoms with Crippen LogP contribution in [0.3, 0.4) is 0 Å². The van der Waals surface area contributed by atoms with Crippen LogP contribution in [0.4, 0.5) is 5.69 Å². The lowest BCUT2D eigenvalue weighted by atomic mass is 9.90. The van der Waals surface area contributed by atoms with E-state index in [2.05, 4.69) is 0 Å². The van der Waals surface area contributed by atoms with E-state index in [0.29, 0.717) is 17.7 Å². The van der Waals surface area contributed by atoms with E-state index in [4.69, 9.17) is 19.5 Å². The Bertz CT molecular complexity index is 975. The topological polar surface area (TPSA) is 112 Å². The zero-order valence-electron chi connectivity index (χ0n) is 15.0. The van der Waals surface area contributed by atoms with Crippen molar-refractivity contribution in [2.75, 3.05) is 7.11 Å². The minimum Gasteiger partial charge on any atom is -0.497 e. The predicted octanol–water partition coefficient (Wildman–Crippen LogP) is 3.61. The van der Waals surface area contributed by atoms with E-state index in [1.54, 1.807) is 19.4 Å². The van der Waals surface area contributed by atoms with E-state index in [1.165, 1.54) is 24.3 Å². The van der Waals surface area contributed by atoms with Gasteiger partial charge in [0.05, 0.1) is 17.6 Å². The Balaban J connectivity index is 1.86. The van der Waals surface area contributed by atoms with E-state index in [9.17, 15) is 14.9 Å². The number of ether oxygens (including phenoxy) is 3. The van der Waals surface area contributed by atoms with E-state index in [1.807, 2.05) is 18.2 Å². The minimum atomic E-state index is -1.24. The number of fused-ring (bicyclic) bond motifs is 1. The molecule has 0 radical (unpaired) electrons. The zero-order valence-corrected chi connectivity index (χ0v) is 15.0. The van der Waals surface area contributed by atoms with Crippen LogP contribution in [0.5, 0.6) is 5.75 Å². The Hall–Kier alpha value is -3.86. The molecule has 1 atom stereocenters. The zero-order chi connectivity index (χ0) is 20.1. The molecule has 0 fully saturated rings. The molecule has 0 heterocycles. The molecule has 1 aliphatic rings. The number of hydrogen-bond acceptors (Lipinski definition) is 7. The predicted molar refractivity (Wildman–Crippen MR) is 98.3 cm³/mol. The molecule has 0 N–H and O–H groups in total. The SMILES string of the molecule is COc1ccc2c(c1)C(C(OC#N)OC(=O)c1ccc([N+](=O)[O-])cc1)=CCC2. The highest BCUT2D eigenvalue weighted by Crippen LogP contribution is 2.33. The summed E-state index contributed by atoms with van der Waals surface area (Å²) in [5.74, 6) is -0.130. The number of non-ortho nitro benzene ring substituents is 1. The molecule has 1 unspecified atom stereocenters. The minimum absolute atomic E-state index is 0.111. The summed E-state index contributed by atoms with van der Waals surface area (Å²) in [5, 5.41) is 19.7. The Morgan fingerprint density at radius 3 is 2.64 bits per heavy atom. The van der Waals surface area contributed by atoms with E-state index in [-0.39, 0.29) is 11.3 Å². The van der Waals surface area contributed by atoms with Crippen LogP contribution in [-0.4, -0.2) is 24.3 Å². The lowest BCUT2D eigenvalue weighted by Gasteiger charge is -2.23. The summed E-state index contributed by atoms with van der Waals surface area (Å²) >= 11 is 0. The van der Waals surface area contributed by atoms with Crippen LogP contribution in [-0.2, 0) is 15.9 Å². The lowest BCUT2D eigenvalue weighted by molar-refractivity contribution is -0.384. The summed E-state index contributed by atoms with van der Waals surface area (Å²) in [6, 6.07) is 10.5. The smallest absolute Gasteiger partial charge is 0.341 e. The van der Waals surface area contributed by atoms with Crippen LogP contribution in [0.2, 0.25) is 0 Å². The van der Waals surface area contributed by atoms with Gasteiger partial charge in [0.1, 0.15) is 5.75 Å². The molecule has 3 rings (SSSR count). The van der Waals surface area contributed by atoms with Crippen LogP contribution in [0, 0.1) is 21.6 Å². The monoisotopic (exact) mass is 380 g/mol. The van der Waals surface area contributed by atoms with Gasteiger partial charge in [-0.2, -0.15) is 5.26 Å². The van der Waals surface area contributed by atoms with Crippen molar-refractivity contribution in [2.45, 2.75) is 19.1 Å². The number of allylic oxidation sites excluding steroid dienone is 1. The number of carbonyl (C=O) groups excluding carboxylic acids is 1. The Labute approximate surface area is 160 Å². The molecule has 0 aromatic heterocycles. The van der Waals surface area contributed by atoms with E-state index in [0.717, 1.165) is 17.5 Å². The van der Waals surface area contributed by atoms with Crippen molar-refractivity contribution in [3.8, 4) is 12.0 Å². The van der Waals surface area contributed by atoms with Gasteiger partial charge in [-0.25, -0.2) is 4.79 Å². The van der Waals surface area contributed by atoms with Crippen molar-refractivity contribution in [1.82, 2.24) is 0 Å². The molecule has 1 aliphatic carbocycles. The molecule has 0 saturated carbocycles. The van der Waals surface area contributed by atoms with Crippen molar-refractivity contribution in [1.29, 1.82) is 5.26 Å². The van der Waals surface area contributed by atoms with Crippen molar-refractivity contribution >= 4 is 17.2 Å². The lowest BCUT2D eigenvalue weighted by Crippen LogP contribution is -2.23. The fourth-order valence-electron chi connectivity index (χ4n) is 2.97. The number of rotatable bonds is 6. The number of nitro benzene ring substituents is 1. The molecule has 0 bridgehead atoms. The quantitative estimate of drug-likeness (QED) is 0.247. The van der Waals surface area contributed by atoms with Crippen LogP contribution >= 0.6 is 0 Å². The molecular weight excluding hydrogens is 364 g/mol. The summed E-state index contributed by atoms with van der Waals surface area (Å²) in [6.07, 6.45) is 3.69. The van der Waals surface area contributed by atoms with Gasteiger partial charge in [0.15, 0.2) is 0 Å². The van der Waals surface area contributed by atoms with Crippen molar-refractivity contribution in [3.05, 3.63) is 75.3 Å². The number of aryl methyl sites for hydroxylation is 1. The molecule has 2 aromatic carbocycles. The van der Waals surface area contributed by atoms with Gasteiger partial charge >= 0.3 is 5.97 Å². The molecule has 8 heteroatoms. The van der Waals surface area contributed by atoms with Crippen LogP contribution < -0.4 is 4.74 Å². The molecule has 8 nitrogen and oxygen atoms in total. The second-order valence-electron chi connectivity index (χ2n) is 5.97. The number of esters is 1. The number of nitrogens with zero attached hydrogens (tertiary/aromatic N) is 2. The second kappa shape index (κ2) is 8.22. The summed E-state index contributed by atoms with van der Waals surface area (Å²) in [5.41, 5.74) is 2.33. The average Bonchev–Trinajstić information content (AvgIpc) is 2.72. The van der Waals surface area contributed by atoms with Crippen molar-refractivity contribution < 1.29 is 23.9 Å². The van der Waals surface area contributed by atoms with Gasteiger partial charge < -0.3 is 14.2 Å². The van der Waals surface area contributed by atoms with Crippen molar-refractivity contribution in [3.63, 3.8) is 0 Å². The third-order valence-electron chi connectivity index (χ3n) is 4.35. The molecule has 28 heavy (non-hydrogen) atoms. The van der Waals surface area contributed by atoms with Gasteiger partial charge in [-0.3, -0.25) is 10.1 Å². The highest BCUT2D eigenvalue weighted by atomic mass is 16.7. The average molecular weight is 380 g/mol. The van der Waals surface area contributed by atoms with E-state index >= 15 is 0 Å². The molecule has 2 aromatic rings. The highest BCUT2D eigenvalue weighted by Gasteiger charge is 2.27. The first kappa shape index (κ1) is 18.9. The largest absolute Gasteiger partial charge is 0.497 e. The maximum absolute atomic E-state index is 12.5. The molecule has 0 spiro atoms. The first-order valence-corrected chi connectivity index (χ1v) is 8.41. The van der Waals surface area contributed by atoms with Gasteiger partial charge in [-0.1, -0.05) is 12.1 Å². The normalized spacial score (nSPS) is 13.4. The molecule has 0 saturated heterocycles. The third kappa shape index (κ3) is 3.94. The fraction of sp³-hybridized carbons (Fsp3) is 0.200. The third-order valence-corrected chi connectivity index (χ3v) is 4.35. The van der Waals surface area contributed by atoms with E-state index < -0.39 is 17.2 Å². The standard InChI is InChI=1S/C20H16N2O6/c1-26-16-10-7-13-3-2-4-17(18(13)11-16)20(27-12-21)28-19(23)14-5-8-15(9-6-14)22(24)25/h4-11,20H,2-3H2,1H3. The highest BCUT2D eigenvalue weighted by molar-refractivity contribution is 5.90. The number of nitro groups is 1. The first-order chi connectivity index (χ1) is 13.5. The Morgan fingerprint density at radius 2 is 2.00 bits per heavy atom. The molecule has 0 aliphatic heterocycles. The molecule has 0 amide bonds. The van der Waals surface area contributed by atoms with Gasteiger partial charge in [0.2, 0.25) is 0 Å². The van der Waals surface area contributed by atoms with Gasteiger partial charge in [-0.15, -0.1) is 0 Å². The number of carbonyl (C=O) groups is 1. The maximum Gasteiger partial charge on any atom is 0.341 e. The second-order valence-corrected chi connectivity index (χ2v) is 5.97. The van der Waals surface area contributed by atoms with Crippen LogP contribution in [0.15, 0.2) is 48.5 Å². The van der Waals surface area contributed by atoms with Gasteiger partial charge in [0, 0.05) is 17.7 Å². The van der Waals surface area contributed by atoms with Crippen LogP contribution in [0.25, 0.3) is 5.57 Å². The summed E-state index contributed by atoms with van der Waals surface area (Å²) in [7, 11) is 1.55. The Kier molecular flexibility index (Phi) is 5.56. The van der Waals surface area contributed by atoms with Gasteiger partial charge in [0.25, 0.3) is 18.2 Å². The fourth-order valence-corrected chi connectivity index (χ4v) is 2.97. The number of benzene rings is 2. The maximum atomic E-state index is 12.5. The summed E-state index contributed by atoms with van der Waals surface area (Å²) < 4.78 is 15.6.